The van der Waals surface area contributed by atoms with Gasteiger partial charge in [-0.3, -0.25) is 9.79 Å². The van der Waals surface area contributed by atoms with E-state index in [1.54, 1.807) is 12.1 Å². The van der Waals surface area contributed by atoms with Crippen molar-refractivity contribution in [2.45, 2.75) is 0 Å². The number of aliphatic imine (C=N–C) groups is 1. The molecule has 1 heterocycles. The van der Waals surface area contributed by atoms with Gasteiger partial charge in [0.1, 0.15) is 0 Å². The third-order valence-electron chi connectivity index (χ3n) is 2.86. The van der Waals surface area contributed by atoms with Crippen molar-refractivity contribution in [3.63, 3.8) is 0 Å². The molecule has 1 aromatic rings. The molecule has 1 aliphatic heterocycles. The van der Waals surface area contributed by atoms with E-state index in [9.17, 15) is 4.79 Å². The molecular formula is C13H17BrN4O. The number of hydrogen-bond acceptors (Lipinski definition) is 4. The van der Waals surface area contributed by atoms with Crippen molar-refractivity contribution < 1.29 is 4.79 Å². The van der Waals surface area contributed by atoms with Crippen LogP contribution in [0.15, 0.2) is 33.7 Å². The summed E-state index contributed by atoms with van der Waals surface area (Å²) >= 11 is 3.34. The Balaban J connectivity index is 1.71. The van der Waals surface area contributed by atoms with Crippen molar-refractivity contribution in [1.82, 2.24) is 15.5 Å². The van der Waals surface area contributed by atoms with Crippen LogP contribution in [-0.2, 0) is 0 Å². The molecule has 0 bridgehead atoms. The third-order valence-corrected chi connectivity index (χ3v) is 3.39. The summed E-state index contributed by atoms with van der Waals surface area (Å²) < 4.78 is 0.966. The highest BCUT2D eigenvalue weighted by atomic mass is 79.9. The van der Waals surface area contributed by atoms with Crippen LogP contribution in [0.1, 0.15) is 10.4 Å². The van der Waals surface area contributed by atoms with Crippen LogP contribution >= 0.6 is 15.9 Å². The lowest BCUT2D eigenvalue weighted by Crippen LogP contribution is -2.40. The second kappa shape index (κ2) is 6.56. The highest BCUT2D eigenvalue weighted by Crippen LogP contribution is 2.10. The number of guanidine groups is 1. The maximum absolute atomic E-state index is 11.8. The number of amides is 1. The molecule has 5 nitrogen and oxygen atoms in total. The summed E-state index contributed by atoms with van der Waals surface area (Å²) in [6.07, 6.45) is 0. The van der Waals surface area contributed by atoms with E-state index in [4.69, 9.17) is 0 Å². The quantitative estimate of drug-likeness (QED) is 0.814. The van der Waals surface area contributed by atoms with Crippen molar-refractivity contribution in [1.29, 1.82) is 0 Å². The predicted molar refractivity (Wildman–Crippen MR) is 79.4 cm³/mol. The van der Waals surface area contributed by atoms with Crippen molar-refractivity contribution in [3.8, 4) is 0 Å². The molecule has 2 N–H and O–H groups in total. The fourth-order valence-corrected chi connectivity index (χ4v) is 2.04. The highest BCUT2D eigenvalue weighted by molar-refractivity contribution is 9.10. The number of carbonyl (C=O) groups excluding carboxylic acids is 1. The Kier molecular flexibility index (Phi) is 4.79. The van der Waals surface area contributed by atoms with E-state index in [1.807, 2.05) is 19.2 Å². The van der Waals surface area contributed by atoms with Crippen LogP contribution in [0.4, 0.5) is 0 Å². The van der Waals surface area contributed by atoms with Gasteiger partial charge in [-0.25, -0.2) is 0 Å². The molecule has 0 atom stereocenters. The first-order chi connectivity index (χ1) is 9.16. The van der Waals surface area contributed by atoms with Gasteiger partial charge in [-0.2, -0.15) is 0 Å². The molecule has 0 radical (unpaired) electrons. The topological polar surface area (TPSA) is 56.7 Å². The fourth-order valence-electron chi connectivity index (χ4n) is 1.78. The minimum atomic E-state index is -0.0592. The van der Waals surface area contributed by atoms with Crippen LogP contribution in [0.3, 0.4) is 0 Å². The summed E-state index contributed by atoms with van der Waals surface area (Å²) in [7, 11) is 2.00. The zero-order chi connectivity index (χ0) is 13.7. The van der Waals surface area contributed by atoms with E-state index >= 15 is 0 Å². The minimum absolute atomic E-state index is 0.0592. The Morgan fingerprint density at radius 2 is 2.11 bits per heavy atom. The Bertz CT molecular complexity index is 472. The molecule has 0 aliphatic carbocycles. The Morgan fingerprint density at radius 3 is 2.74 bits per heavy atom. The number of benzene rings is 1. The number of nitrogens with one attached hydrogen (secondary N) is 2. The van der Waals surface area contributed by atoms with Crippen LogP contribution in [-0.4, -0.2) is 50.0 Å². The number of nitrogens with zero attached hydrogens (tertiary/aromatic N) is 2. The minimum Gasteiger partial charge on any atom is -0.354 e. The normalized spacial score (nSPS) is 14.2. The van der Waals surface area contributed by atoms with E-state index in [0.29, 0.717) is 18.7 Å². The zero-order valence-electron chi connectivity index (χ0n) is 10.8. The molecule has 0 spiro atoms. The first kappa shape index (κ1) is 13.9. The Hall–Kier alpha value is -1.56. The summed E-state index contributed by atoms with van der Waals surface area (Å²) in [4.78, 5) is 18.2. The lowest BCUT2D eigenvalue weighted by atomic mass is 10.2. The summed E-state index contributed by atoms with van der Waals surface area (Å²) in [5, 5.41) is 6.07. The lowest BCUT2D eigenvalue weighted by molar-refractivity contribution is 0.0954. The number of carbonyl (C=O) groups is 1. The van der Waals surface area contributed by atoms with Crippen molar-refractivity contribution >= 4 is 27.8 Å². The SMILES string of the molecule is CN1CCN=C1NCCNC(=O)c1ccc(Br)cc1. The molecule has 1 aliphatic rings. The second-order valence-electron chi connectivity index (χ2n) is 4.32. The van der Waals surface area contributed by atoms with E-state index in [0.717, 1.165) is 23.5 Å². The monoisotopic (exact) mass is 324 g/mol. The Morgan fingerprint density at radius 1 is 1.37 bits per heavy atom. The molecule has 1 aromatic carbocycles. The van der Waals surface area contributed by atoms with Gasteiger partial charge in [-0.05, 0) is 24.3 Å². The first-order valence-corrected chi connectivity index (χ1v) is 6.99. The molecule has 0 saturated heterocycles. The molecule has 0 unspecified atom stereocenters. The van der Waals surface area contributed by atoms with Gasteiger partial charge in [0, 0.05) is 36.7 Å². The largest absolute Gasteiger partial charge is 0.354 e. The van der Waals surface area contributed by atoms with Gasteiger partial charge in [0.25, 0.3) is 5.91 Å². The van der Waals surface area contributed by atoms with E-state index in [-0.39, 0.29) is 5.91 Å². The maximum atomic E-state index is 11.8. The number of halogens is 1. The molecule has 0 saturated carbocycles. The molecule has 2 rings (SSSR count). The highest BCUT2D eigenvalue weighted by Gasteiger charge is 2.11. The average molecular weight is 325 g/mol. The van der Waals surface area contributed by atoms with Gasteiger partial charge in [-0.15, -0.1) is 0 Å². The van der Waals surface area contributed by atoms with Gasteiger partial charge < -0.3 is 15.5 Å². The summed E-state index contributed by atoms with van der Waals surface area (Å²) in [5.41, 5.74) is 0.665. The number of likely N-dealkylation sites (N-methyl/N-ethyl adjacent to an activating group) is 1. The first-order valence-electron chi connectivity index (χ1n) is 6.20. The zero-order valence-corrected chi connectivity index (χ0v) is 12.4. The molecule has 0 fully saturated rings. The smallest absolute Gasteiger partial charge is 0.251 e. The molecular weight excluding hydrogens is 308 g/mol. The predicted octanol–water partition coefficient (Wildman–Crippen LogP) is 1.07. The van der Waals surface area contributed by atoms with Crippen LogP contribution in [0.25, 0.3) is 0 Å². The van der Waals surface area contributed by atoms with Crippen molar-refractivity contribution in [3.05, 3.63) is 34.3 Å². The third kappa shape index (κ3) is 3.96. The van der Waals surface area contributed by atoms with Gasteiger partial charge in [0.15, 0.2) is 5.96 Å². The van der Waals surface area contributed by atoms with Gasteiger partial charge in [0.2, 0.25) is 0 Å². The van der Waals surface area contributed by atoms with Crippen LogP contribution in [0, 0.1) is 0 Å². The molecule has 0 aromatic heterocycles. The van der Waals surface area contributed by atoms with Crippen LogP contribution in [0.5, 0.6) is 0 Å². The molecule has 6 heteroatoms. The van der Waals surface area contributed by atoms with E-state index in [2.05, 4.69) is 36.5 Å². The van der Waals surface area contributed by atoms with E-state index in [1.165, 1.54) is 0 Å². The number of rotatable bonds is 4. The van der Waals surface area contributed by atoms with Gasteiger partial charge >= 0.3 is 0 Å². The standard InChI is InChI=1S/C13H17BrN4O/c1-18-9-8-17-13(18)16-7-6-15-12(19)10-2-4-11(14)5-3-10/h2-5H,6-9H2,1H3,(H,15,19)(H,16,17). The van der Waals surface area contributed by atoms with Crippen molar-refractivity contribution in [2.75, 3.05) is 33.2 Å². The van der Waals surface area contributed by atoms with Gasteiger partial charge in [-0.1, -0.05) is 15.9 Å². The summed E-state index contributed by atoms with van der Waals surface area (Å²) in [6.45, 7) is 3.03. The second-order valence-corrected chi connectivity index (χ2v) is 5.23. The van der Waals surface area contributed by atoms with Crippen LogP contribution < -0.4 is 10.6 Å². The summed E-state index contributed by atoms with van der Waals surface area (Å²) in [6, 6.07) is 7.30. The van der Waals surface area contributed by atoms with Crippen LogP contribution in [0.2, 0.25) is 0 Å². The fraction of sp³-hybridized carbons (Fsp3) is 0.385. The lowest BCUT2D eigenvalue weighted by Gasteiger charge is -2.15. The maximum Gasteiger partial charge on any atom is 0.251 e. The molecule has 19 heavy (non-hydrogen) atoms. The Labute approximate surface area is 121 Å². The van der Waals surface area contributed by atoms with Crippen molar-refractivity contribution in [2.24, 2.45) is 4.99 Å². The summed E-state index contributed by atoms with van der Waals surface area (Å²) in [5.74, 6) is 0.842. The molecule has 102 valence electrons. The average Bonchev–Trinajstić information content (AvgIpc) is 2.81. The van der Waals surface area contributed by atoms with E-state index < -0.39 is 0 Å². The number of hydrogen-bond donors (Lipinski definition) is 2. The molecule has 1 amide bonds. The van der Waals surface area contributed by atoms with Gasteiger partial charge in [0.05, 0.1) is 6.54 Å².